The molecule has 0 spiro atoms. The molecule has 134 valence electrons. The second-order valence-corrected chi connectivity index (χ2v) is 5.82. The van der Waals surface area contributed by atoms with Crippen molar-refractivity contribution < 1.29 is 17.9 Å². The van der Waals surface area contributed by atoms with E-state index in [9.17, 15) is 13.2 Å². The molecule has 0 saturated carbocycles. The summed E-state index contributed by atoms with van der Waals surface area (Å²) < 4.78 is 43.4. The Morgan fingerprint density at radius 1 is 1.16 bits per heavy atom. The first-order valence-corrected chi connectivity index (χ1v) is 8.13. The van der Waals surface area contributed by atoms with Gasteiger partial charge in [0.15, 0.2) is 5.11 Å². The molecule has 0 aliphatic rings. The Morgan fingerprint density at radius 3 is 2.40 bits per heavy atom. The number of anilines is 1. The van der Waals surface area contributed by atoms with Gasteiger partial charge in [0, 0.05) is 5.69 Å². The van der Waals surface area contributed by atoms with Gasteiger partial charge in [0.25, 0.3) is 0 Å². The first kappa shape index (κ1) is 19.1. The van der Waals surface area contributed by atoms with Gasteiger partial charge in [-0.3, -0.25) is 0 Å². The molecular formula is C18H19F3N2OS. The first-order chi connectivity index (χ1) is 11.8. The van der Waals surface area contributed by atoms with Gasteiger partial charge in [0.05, 0.1) is 18.7 Å². The Kier molecular flexibility index (Phi) is 6.25. The normalized spacial score (nSPS) is 12.4. The number of thiocarbonyl (C=S) groups is 1. The Morgan fingerprint density at radius 2 is 1.84 bits per heavy atom. The summed E-state index contributed by atoms with van der Waals surface area (Å²) in [6.45, 7) is 1.99. The van der Waals surface area contributed by atoms with Crippen molar-refractivity contribution in [3.05, 3.63) is 59.7 Å². The van der Waals surface area contributed by atoms with E-state index in [0.29, 0.717) is 0 Å². The maximum Gasteiger partial charge on any atom is 0.416 e. The molecule has 0 fully saturated rings. The second kappa shape index (κ2) is 8.20. The molecule has 1 atom stereocenters. The zero-order chi connectivity index (χ0) is 18.4. The summed E-state index contributed by atoms with van der Waals surface area (Å²) in [7, 11) is 1.60. The van der Waals surface area contributed by atoms with Crippen molar-refractivity contribution in [3.63, 3.8) is 0 Å². The van der Waals surface area contributed by atoms with Gasteiger partial charge in [0.2, 0.25) is 0 Å². The zero-order valence-corrected chi connectivity index (χ0v) is 14.7. The molecule has 2 aromatic carbocycles. The van der Waals surface area contributed by atoms with E-state index in [1.807, 2.05) is 31.2 Å². The predicted octanol–water partition coefficient (Wildman–Crippen LogP) is 5.15. The van der Waals surface area contributed by atoms with Gasteiger partial charge in [-0.05, 0) is 54.5 Å². The number of benzene rings is 2. The molecule has 0 amide bonds. The number of hydrogen-bond acceptors (Lipinski definition) is 2. The van der Waals surface area contributed by atoms with Crippen LogP contribution >= 0.6 is 12.2 Å². The van der Waals surface area contributed by atoms with Crippen molar-refractivity contribution in [2.24, 2.45) is 0 Å². The fourth-order valence-electron chi connectivity index (χ4n) is 2.36. The van der Waals surface area contributed by atoms with Crippen LogP contribution in [0.25, 0.3) is 0 Å². The van der Waals surface area contributed by atoms with Crippen LogP contribution in [0.1, 0.15) is 30.5 Å². The lowest BCUT2D eigenvalue weighted by Gasteiger charge is -2.20. The van der Waals surface area contributed by atoms with Crippen LogP contribution in [0, 0.1) is 0 Å². The van der Waals surface area contributed by atoms with Crippen molar-refractivity contribution >= 4 is 23.0 Å². The number of methoxy groups -OCH3 is 1. The molecule has 0 saturated heterocycles. The molecule has 0 heterocycles. The molecule has 0 aliphatic carbocycles. The van der Waals surface area contributed by atoms with Crippen molar-refractivity contribution in [1.82, 2.24) is 5.32 Å². The van der Waals surface area contributed by atoms with E-state index in [0.717, 1.165) is 29.9 Å². The summed E-state index contributed by atoms with van der Waals surface area (Å²) in [5.41, 5.74) is 0.580. The van der Waals surface area contributed by atoms with E-state index in [1.54, 1.807) is 7.11 Å². The van der Waals surface area contributed by atoms with Crippen LogP contribution < -0.4 is 15.4 Å². The lowest BCUT2D eigenvalue weighted by molar-refractivity contribution is -0.137. The summed E-state index contributed by atoms with van der Waals surface area (Å²) in [5, 5.41) is 6.20. The molecule has 0 aliphatic heterocycles. The van der Waals surface area contributed by atoms with Gasteiger partial charge in [-0.1, -0.05) is 25.1 Å². The lowest BCUT2D eigenvalue weighted by atomic mass is 10.0. The fourth-order valence-corrected chi connectivity index (χ4v) is 2.62. The minimum atomic E-state index is -4.39. The van der Waals surface area contributed by atoms with Crippen LogP contribution in [0.15, 0.2) is 48.5 Å². The number of alkyl halides is 3. The highest BCUT2D eigenvalue weighted by Crippen LogP contribution is 2.30. The zero-order valence-electron chi connectivity index (χ0n) is 13.9. The van der Waals surface area contributed by atoms with E-state index in [4.69, 9.17) is 17.0 Å². The van der Waals surface area contributed by atoms with Crippen molar-refractivity contribution in [3.8, 4) is 5.75 Å². The average molecular weight is 368 g/mol. The third kappa shape index (κ3) is 5.35. The number of rotatable bonds is 5. The smallest absolute Gasteiger partial charge is 0.416 e. The van der Waals surface area contributed by atoms with Crippen LogP contribution in [0.5, 0.6) is 5.75 Å². The average Bonchev–Trinajstić information content (AvgIpc) is 2.59. The number of nitrogens with one attached hydrogen (secondary N) is 2. The maximum atomic E-state index is 12.8. The molecule has 2 N–H and O–H groups in total. The second-order valence-electron chi connectivity index (χ2n) is 5.41. The van der Waals surface area contributed by atoms with E-state index in [2.05, 4.69) is 10.6 Å². The standard InChI is InChI=1S/C18H19F3N2OS/c1-3-16(12-7-9-15(24-2)10-8-12)23-17(25)22-14-6-4-5-13(11-14)18(19,20)21/h4-11,16H,3H2,1-2H3,(H2,22,23,25)/t16-/m1/s1. The SMILES string of the molecule is CC[C@@H](NC(=S)Nc1cccc(C(F)(F)F)c1)c1ccc(OC)cc1. The molecular weight excluding hydrogens is 349 g/mol. The van der Waals surface area contributed by atoms with Gasteiger partial charge in [-0.2, -0.15) is 13.2 Å². The van der Waals surface area contributed by atoms with Gasteiger partial charge in [-0.25, -0.2) is 0 Å². The van der Waals surface area contributed by atoms with E-state index in [1.165, 1.54) is 12.1 Å². The van der Waals surface area contributed by atoms with Gasteiger partial charge in [-0.15, -0.1) is 0 Å². The highest BCUT2D eigenvalue weighted by molar-refractivity contribution is 7.80. The summed E-state index contributed by atoms with van der Waals surface area (Å²) in [6.07, 6.45) is -3.63. The van der Waals surface area contributed by atoms with Gasteiger partial charge >= 0.3 is 6.18 Å². The number of hydrogen-bond donors (Lipinski definition) is 2. The lowest BCUT2D eigenvalue weighted by Crippen LogP contribution is -2.32. The van der Waals surface area contributed by atoms with Crippen LogP contribution in [0.4, 0.5) is 18.9 Å². The summed E-state index contributed by atoms with van der Waals surface area (Å²) in [6, 6.07) is 12.4. The number of halogens is 3. The summed E-state index contributed by atoms with van der Waals surface area (Å²) in [5.74, 6) is 0.753. The molecule has 0 unspecified atom stereocenters. The van der Waals surface area contributed by atoms with Crippen LogP contribution in [0.2, 0.25) is 0 Å². The van der Waals surface area contributed by atoms with Gasteiger partial charge < -0.3 is 15.4 Å². The van der Waals surface area contributed by atoms with Crippen molar-refractivity contribution in [2.75, 3.05) is 12.4 Å². The van der Waals surface area contributed by atoms with Crippen molar-refractivity contribution in [1.29, 1.82) is 0 Å². The van der Waals surface area contributed by atoms with Gasteiger partial charge in [0.1, 0.15) is 5.75 Å². The Hall–Kier alpha value is -2.28. The Labute approximate surface area is 150 Å². The maximum absolute atomic E-state index is 12.8. The van der Waals surface area contributed by atoms with Crippen molar-refractivity contribution in [2.45, 2.75) is 25.6 Å². The van der Waals surface area contributed by atoms with Crippen LogP contribution in [0.3, 0.4) is 0 Å². The number of ether oxygens (including phenoxy) is 1. The molecule has 7 heteroatoms. The largest absolute Gasteiger partial charge is 0.497 e. The molecule has 0 radical (unpaired) electrons. The third-order valence-electron chi connectivity index (χ3n) is 3.68. The summed E-state index contributed by atoms with van der Waals surface area (Å²) in [4.78, 5) is 0. The first-order valence-electron chi connectivity index (χ1n) is 7.72. The third-order valence-corrected chi connectivity index (χ3v) is 3.90. The Balaban J connectivity index is 2.05. The highest BCUT2D eigenvalue weighted by atomic mass is 32.1. The molecule has 2 aromatic rings. The topological polar surface area (TPSA) is 33.3 Å². The molecule has 0 aromatic heterocycles. The minimum Gasteiger partial charge on any atom is -0.497 e. The molecule has 25 heavy (non-hydrogen) atoms. The van der Waals surface area contributed by atoms with Crippen LogP contribution in [-0.4, -0.2) is 12.2 Å². The Bertz CT molecular complexity index is 717. The molecule has 3 nitrogen and oxygen atoms in total. The van der Waals surface area contributed by atoms with E-state index in [-0.39, 0.29) is 16.8 Å². The monoisotopic (exact) mass is 368 g/mol. The minimum absolute atomic E-state index is 0.0586. The van der Waals surface area contributed by atoms with E-state index < -0.39 is 11.7 Å². The molecule has 2 rings (SSSR count). The van der Waals surface area contributed by atoms with Crippen LogP contribution in [-0.2, 0) is 6.18 Å². The highest BCUT2D eigenvalue weighted by Gasteiger charge is 2.30. The van der Waals surface area contributed by atoms with E-state index >= 15 is 0 Å². The fraction of sp³-hybridized carbons (Fsp3) is 0.278. The predicted molar refractivity (Wildman–Crippen MR) is 96.8 cm³/mol. The quantitative estimate of drug-likeness (QED) is 0.715. The summed E-state index contributed by atoms with van der Waals surface area (Å²) >= 11 is 5.24. The molecule has 0 bridgehead atoms.